The number of nitrogens with zero attached hydrogens (tertiary/aromatic N) is 2. The minimum Gasteiger partial charge on any atom is -0.465 e. The zero-order chi connectivity index (χ0) is 14.3. The molecule has 0 aromatic carbocycles. The first-order valence-corrected chi connectivity index (χ1v) is 5.62. The lowest BCUT2D eigenvalue weighted by Gasteiger charge is -2.05. The molecule has 0 aliphatic carbocycles. The van der Waals surface area contributed by atoms with Crippen LogP contribution in [0.25, 0.3) is 0 Å². The molecule has 0 saturated heterocycles. The summed E-state index contributed by atoms with van der Waals surface area (Å²) in [5.41, 5.74) is 0.569. The minimum absolute atomic E-state index is 0.0657. The van der Waals surface area contributed by atoms with Crippen molar-refractivity contribution in [2.24, 2.45) is 0 Å². The monoisotopic (exact) mass is 270 g/mol. The van der Waals surface area contributed by atoms with E-state index in [1.54, 1.807) is 6.92 Å². The summed E-state index contributed by atoms with van der Waals surface area (Å²) in [6.45, 7) is 2.23. The number of amides is 2. The minimum atomic E-state index is -1.23. The van der Waals surface area contributed by atoms with Crippen molar-refractivity contribution in [1.29, 1.82) is 0 Å². The van der Waals surface area contributed by atoms with Crippen molar-refractivity contribution in [2.75, 3.05) is 13.1 Å². The van der Waals surface area contributed by atoms with E-state index in [9.17, 15) is 14.0 Å². The summed E-state index contributed by atoms with van der Waals surface area (Å²) in [5.74, 6) is -0.261. The molecule has 2 amide bonds. The van der Waals surface area contributed by atoms with Crippen molar-refractivity contribution >= 4 is 12.0 Å². The molecule has 0 aliphatic rings. The van der Waals surface area contributed by atoms with Crippen molar-refractivity contribution in [3.8, 4) is 0 Å². The Hall–Kier alpha value is -2.38. The van der Waals surface area contributed by atoms with Gasteiger partial charge in [0.15, 0.2) is 0 Å². The lowest BCUT2D eigenvalue weighted by molar-refractivity contribution is 0.0955. The Morgan fingerprint density at radius 1 is 1.53 bits per heavy atom. The van der Waals surface area contributed by atoms with Crippen LogP contribution in [0.3, 0.4) is 0 Å². The number of carbonyl (C=O) groups is 2. The summed E-state index contributed by atoms with van der Waals surface area (Å²) in [7, 11) is 0. The van der Waals surface area contributed by atoms with Crippen LogP contribution in [0, 0.1) is 0 Å². The molecule has 0 radical (unpaired) electrons. The maximum absolute atomic E-state index is 12.6. The molecule has 0 fully saturated rings. The van der Waals surface area contributed by atoms with E-state index in [1.807, 2.05) is 0 Å². The highest BCUT2D eigenvalue weighted by Crippen LogP contribution is 2.03. The Labute approximate surface area is 109 Å². The number of carbonyl (C=O) groups excluding carboxylic acids is 1. The SMILES string of the molecule is CCNC(=O)c1cnn(C/C(=C/F)CNC(=O)O)c1. The summed E-state index contributed by atoms with van der Waals surface area (Å²) in [6, 6.07) is 0. The van der Waals surface area contributed by atoms with Crippen molar-refractivity contribution in [1.82, 2.24) is 20.4 Å². The predicted octanol–water partition coefficient (Wildman–Crippen LogP) is 0.754. The van der Waals surface area contributed by atoms with E-state index in [2.05, 4.69) is 15.7 Å². The van der Waals surface area contributed by atoms with Crippen molar-refractivity contribution in [2.45, 2.75) is 13.5 Å². The van der Waals surface area contributed by atoms with Crippen LogP contribution in [0.15, 0.2) is 24.3 Å². The summed E-state index contributed by atoms with van der Waals surface area (Å²) in [5, 5.41) is 17.0. The fourth-order valence-corrected chi connectivity index (χ4v) is 1.36. The molecular formula is C11H15FN4O3. The smallest absolute Gasteiger partial charge is 0.404 e. The molecule has 1 aromatic rings. The fraction of sp³-hybridized carbons (Fsp3) is 0.364. The normalized spacial score (nSPS) is 11.2. The Balaban J connectivity index is 2.61. The van der Waals surface area contributed by atoms with Crippen molar-refractivity contribution in [3.05, 3.63) is 29.9 Å². The van der Waals surface area contributed by atoms with Gasteiger partial charge in [-0.25, -0.2) is 9.18 Å². The van der Waals surface area contributed by atoms with E-state index >= 15 is 0 Å². The molecule has 19 heavy (non-hydrogen) atoms. The average molecular weight is 270 g/mol. The van der Waals surface area contributed by atoms with Crippen LogP contribution in [0.4, 0.5) is 9.18 Å². The van der Waals surface area contributed by atoms with Gasteiger partial charge in [-0.1, -0.05) is 0 Å². The van der Waals surface area contributed by atoms with Gasteiger partial charge in [0, 0.05) is 19.3 Å². The van der Waals surface area contributed by atoms with Gasteiger partial charge in [0.25, 0.3) is 5.91 Å². The van der Waals surface area contributed by atoms with Crippen molar-refractivity contribution in [3.63, 3.8) is 0 Å². The highest BCUT2D eigenvalue weighted by atomic mass is 19.1. The second kappa shape index (κ2) is 7.14. The predicted molar refractivity (Wildman–Crippen MR) is 65.5 cm³/mol. The number of hydrogen-bond acceptors (Lipinski definition) is 3. The third-order valence-electron chi connectivity index (χ3n) is 2.22. The fourth-order valence-electron chi connectivity index (χ4n) is 1.36. The zero-order valence-corrected chi connectivity index (χ0v) is 10.4. The molecule has 0 unspecified atom stereocenters. The molecular weight excluding hydrogens is 255 g/mol. The number of carboxylic acid groups (broad SMARTS) is 1. The number of nitrogens with one attached hydrogen (secondary N) is 2. The van der Waals surface area contributed by atoms with E-state index in [0.717, 1.165) is 0 Å². The molecule has 0 spiro atoms. The van der Waals surface area contributed by atoms with Gasteiger partial charge in [0.1, 0.15) is 0 Å². The second-order valence-electron chi connectivity index (χ2n) is 3.71. The first-order valence-electron chi connectivity index (χ1n) is 5.62. The maximum Gasteiger partial charge on any atom is 0.404 e. The van der Waals surface area contributed by atoms with Gasteiger partial charge in [-0.05, 0) is 12.5 Å². The van der Waals surface area contributed by atoms with Gasteiger partial charge in [0.2, 0.25) is 0 Å². The molecule has 0 bridgehead atoms. The Morgan fingerprint density at radius 3 is 2.84 bits per heavy atom. The Morgan fingerprint density at radius 2 is 2.26 bits per heavy atom. The van der Waals surface area contributed by atoms with Gasteiger partial charge in [-0.2, -0.15) is 5.10 Å². The maximum atomic E-state index is 12.6. The molecule has 0 saturated carbocycles. The standard InChI is InChI=1S/C11H15FN4O3/c1-2-13-10(17)9-5-15-16(7-9)6-8(3-12)4-14-11(18)19/h3,5,7,14H,2,4,6H2,1H3,(H,13,17)(H,18,19)/b8-3+. The third kappa shape index (κ3) is 4.78. The van der Waals surface area contributed by atoms with Crippen LogP contribution in [0.5, 0.6) is 0 Å². The summed E-state index contributed by atoms with van der Waals surface area (Å²) in [6.07, 6.45) is 1.92. The van der Waals surface area contributed by atoms with Crippen LogP contribution in [0.2, 0.25) is 0 Å². The topological polar surface area (TPSA) is 96.3 Å². The largest absolute Gasteiger partial charge is 0.465 e. The van der Waals surface area contributed by atoms with E-state index < -0.39 is 6.09 Å². The molecule has 8 heteroatoms. The number of rotatable bonds is 6. The number of hydrogen-bond donors (Lipinski definition) is 3. The highest BCUT2D eigenvalue weighted by Gasteiger charge is 2.08. The molecule has 7 nitrogen and oxygen atoms in total. The Kier molecular flexibility index (Phi) is 5.52. The molecule has 104 valence electrons. The first kappa shape index (κ1) is 14.7. The van der Waals surface area contributed by atoms with Crippen LogP contribution in [-0.2, 0) is 6.54 Å². The van der Waals surface area contributed by atoms with Crippen LogP contribution < -0.4 is 10.6 Å². The Bertz CT molecular complexity index is 484. The molecule has 0 aliphatic heterocycles. The first-order chi connectivity index (χ1) is 9.06. The summed E-state index contributed by atoms with van der Waals surface area (Å²) < 4.78 is 13.9. The molecule has 1 heterocycles. The van der Waals surface area contributed by atoms with E-state index in [1.165, 1.54) is 17.1 Å². The van der Waals surface area contributed by atoms with Crippen LogP contribution in [-0.4, -0.2) is 40.0 Å². The van der Waals surface area contributed by atoms with Gasteiger partial charge in [-0.3, -0.25) is 9.48 Å². The molecule has 1 aromatic heterocycles. The quantitative estimate of drug-likeness (QED) is 0.710. The molecule has 1 rings (SSSR count). The number of halogens is 1. The second-order valence-corrected chi connectivity index (χ2v) is 3.71. The zero-order valence-electron chi connectivity index (χ0n) is 10.4. The van der Waals surface area contributed by atoms with Gasteiger partial charge >= 0.3 is 6.09 Å². The van der Waals surface area contributed by atoms with Crippen LogP contribution in [0.1, 0.15) is 17.3 Å². The van der Waals surface area contributed by atoms with Crippen LogP contribution >= 0.6 is 0 Å². The average Bonchev–Trinajstić information content (AvgIpc) is 2.83. The highest BCUT2D eigenvalue weighted by molar-refractivity contribution is 5.93. The van der Waals surface area contributed by atoms with E-state index in [4.69, 9.17) is 5.11 Å². The molecule has 3 N–H and O–H groups in total. The van der Waals surface area contributed by atoms with E-state index in [0.29, 0.717) is 18.4 Å². The third-order valence-corrected chi connectivity index (χ3v) is 2.22. The van der Waals surface area contributed by atoms with Gasteiger partial charge < -0.3 is 15.7 Å². The molecule has 0 atom stereocenters. The van der Waals surface area contributed by atoms with Gasteiger partial charge in [-0.15, -0.1) is 0 Å². The lowest BCUT2D eigenvalue weighted by Crippen LogP contribution is -2.24. The van der Waals surface area contributed by atoms with Gasteiger partial charge in [0.05, 0.1) is 24.6 Å². The lowest BCUT2D eigenvalue weighted by atomic mass is 10.3. The summed E-state index contributed by atoms with van der Waals surface area (Å²) >= 11 is 0. The summed E-state index contributed by atoms with van der Waals surface area (Å²) in [4.78, 5) is 21.8. The number of aromatic nitrogens is 2. The van der Waals surface area contributed by atoms with Crippen molar-refractivity contribution < 1.29 is 19.1 Å². The van der Waals surface area contributed by atoms with E-state index in [-0.39, 0.29) is 24.6 Å².